The molecule has 4 rings (SSSR count). The first-order valence-corrected chi connectivity index (χ1v) is 20.5. The summed E-state index contributed by atoms with van der Waals surface area (Å²) in [5, 5.41) is 10.8. The van der Waals surface area contributed by atoms with Gasteiger partial charge in [-0.1, -0.05) is 52.5 Å². The monoisotopic (exact) mass is 774 g/mol. The number of carboxylic acids is 1. The third-order valence-electron chi connectivity index (χ3n) is 9.24. The summed E-state index contributed by atoms with van der Waals surface area (Å²) in [5.41, 5.74) is 1.86. The van der Waals surface area contributed by atoms with E-state index < -0.39 is 52.0 Å². The third-order valence-corrected chi connectivity index (χ3v) is 11.8. The van der Waals surface area contributed by atoms with Crippen LogP contribution in [0.15, 0.2) is 111 Å². The number of allylic oxidation sites excluding steroid dienone is 5. The number of hydrogen-bond donors (Lipinski definition) is 4. The van der Waals surface area contributed by atoms with E-state index in [-0.39, 0.29) is 16.2 Å². The van der Waals surface area contributed by atoms with Gasteiger partial charge in [0.25, 0.3) is 20.2 Å². The Kier molecular flexibility index (Phi) is 11.8. The topological polar surface area (TPSA) is 223 Å². The van der Waals surface area contributed by atoms with Crippen molar-refractivity contribution in [2.45, 2.75) is 78.9 Å². The number of carboxylic acid groups (broad SMARTS) is 1. The van der Waals surface area contributed by atoms with Crippen molar-refractivity contribution in [1.29, 1.82) is 0 Å². The molecule has 0 unspecified atom stereocenters. The van der Waals surface area contributed by atoms with Crippen LogP contribution in [0.1, 0.15) is 64.5 Å². The Balaban J connectivity index is 1.75. The molecule has 0 atom stereocenters. The maximum absolute atomic E-state index is 12.1. The average molecular weight is 775 g/mol. The molecule has 3 aromatic carbocycles. The first-order valence-electron chi connectivity index (χ1n) is 16.2. The number of unbranched alkanes of at least 4 members (excludes halogenated alkanes) is 2. The van der Waals surface area contributed by atoms with Gasteiger partial charge in [0.2, 0.25) is 0 Å². The average Bonchev–Trinajstić information content (AvgIpc) is 3.26. The molecule has 0 spiro atoms. The van der Waals surface area contributed by atoms with Crippen LogP contribution in [0.5, 0.6) is 0 Å². The Bertz CT molecular complexity index is 2290. The zero-order valence-corrected chi connectivity index (χ0v) is 31.6. The van der Waals surface area contributed by atoms with Gasteiger partial charge in [-0.25, -0.2) is 8.42 Å². The van der Waals surface area contributed by atoms with Gasteiger partial charge in [-0.15, -0.1) is 0 Å². The Hall–Kier alpha value is -4.16. The number of carbonyl (C=O) groups is 1. The lowest BCUT2D eigenvalue weighted by Crippen LogP contribution is -2.78. The van der Waals surface area contributed by atoms with Gasteiger partial charge in [-0.3, -0.25) is 13.9 Å². The van der Waals surface area contributed by atoms with E-state index >= 15 is 0 Å². The van der Waals surface area contributed by atoms with Crippen molar-refractivity contribution in [1.82, 2.24) is 0 Å². The molecule has 280 valence electrons. The summed E-state index contributed by atoms with van der Waals surface area (Å²) >= 11 is 0. The number of hydrogen-bond acceptors (Lipinski definition) is 9. The van der Waals surface area contributed by atoms with E-state index in [4.69, 9.17) is 5.11 Å². The van der Waals surface area contributed by atoms with Crippen molar-refractivity contribution in [3.8, 4) is 0 Å². The van der Waals surface area contributed by atoms with Gasteiger partial charge in [0.15, 0.2) is 0 Å². The first kappa shape index (κ1) is 40.6. The molecule has 0 aromatic heterocycles. The predicted octanol–water partition coefficient (Wildman–Crippen LogP) is 5.33. The van der Waals surface area contributed by atoms with E-state index in [2.05, 4.69) is 6.58 Å². The molecule has 1 aliphatic heterocycles. The first-order chi connectivity index (χ1) is 24.0. The number of quaternary nitrogens is 1. The van der Waals surface area contributed by atoms with Crippen LogP contribution in [0.25, 0.3) is 0 Å². The van der Waals surface area contributed by atoms with Gasteiger partial charge < -0.3 is 19.9 Å². The van der Waals surface area contributed by atoms with Crippen LogP contribution in [0.3, 0.4) is 0 Å². The molecular weight excluding hydrogens is 733 g/mol. The molecule has 5 N–H and O–H groups in total. The molecule has 0 amide bonds. The van der Waals surface area contributed by atoms with Crippen molar-refractivity contribution >= 4 is 53.4 Å². The lowest BCUT2D eigenvalue weighted by atomic mass is 9.77. The molecule has 0 aliphatic carbocycles. The Morgan fingerprint density at radius 2 is 1.54 bits per heavy atom. The summed E-state index contributed by atoms with van der Waals surface area (Å²) in [6.07, 6.45) is 7.14. The van der Waals surface area contributed by atoms with E-state index in [1.807, 2.05) is 33.0 Å². The van der Waals surface area contributed by atoms with Gasteiger partial charge in [0, 0.05) is 40.3 Å². The van der Waals surface area contributed by atoms with Crippen molar-refractivity contribution in [2.24, 2.45) is 0 Å². The Morgan fingerprint density at radius 1 is 0.904 bits per heavy atom. The highest BCUT2D eigenvalue weighted by Crippen LogP contribution is 2.52. The highest BCUT2D eigenvalue weighted by molar-refractivity contribution is 7.86. The zero-order chi connectivity index (χ0) is 38.9. The zero-order valence-electron chi connectivity index (χ0n) is 29.1. The minimum atomic E-state index is -4.80. The molecule has 0 radical (unpaired) electrons. The standard InChI is InChI=1S/C36H42N2O11S3/c1-24(35(2,3)29-22-27(51(44,45)46)16-18-31(29)37-20-8-6-7-15-34(39)40)11-9-14-33-36(4,5)30-23-28(52(47,48)49)17-19-32(30)38(33)25-12-10-13-26(21-25)50(41,42)43/h9-14,16-19,21-23,37H,1,6-8,15,20H2,2-5H3,(H,39,40)(H,41,42,43)(H,44,45,46)(H,47,48,49)/b11-9+,33-14+. The summed E-state index contributed by atoms with van der Waals surface area (Å²) in [6.45, 7) is 12.2. The Labute approximate surface area is 304 Å². The molecule has 0 saturated carbocycles. The number of rotatable bonds is 15. The summed E-state index contributed by atoms with van der Waals surface area (Å²) in [5.74, 6) is -0.861. The number of nitrogens with two attached hydrogens (primary N) is 1. The molecule has 0 bridgehead atoms. The lowest BCUT2D eigenvalue weighted by molar-refractivity contribution is -0.572. The maximum atomic E-state index is 12.1. The van der Waals surface area contributed by atoms with Crippen LogP contribution in [0.2, 0.25) is 0 Å². The van der Waals surface area contributed by atoms with Crippen LogP contribution >= 0.6 is 0 Å². The molecule has 16 heteroatoms. The SMILES string of the molecule is C=C(/C=C/C=C1/N(c2cccc(S(=O)(=O)O)c2)c2ccc(S(=O)(=O)[O-])cc2C1(C)C)C(C)(C)c1cc(S(=O)(=O)O)ccc1[NH2+]CCCCCC(=O)O. The molecule has 52 heavy (non-hydrogen) atoms. The van der Waals surface area contributed by atoms with Crippen LogP contribution in [-0.4, -0.2) is 56.5 Å². The second kappa shape index (κ2) is 15.1. The fourth-order valence-electron chi connectivity index (χ4n) is 6.16. The van der Waals surface area contributed by atoms with E-state index in [1.165, 1.54) is 48.5 Å². The van der Waals surface area contributed by atoms with Crippen molar-refractivity contribution in [3.63, 3.8) is 0 Å². The summed E-state index contributed by atoms with van der Waals surface area (Å²) < 4.78 is 104. The summed E-state index contributed by atoms with van der Waals surface area (Å²) in [6, 6.07) is 13.8. The molecule has 1 aliphatic rings. The summed E-state index contributed by atoms with van der Waals surface area (Å²) in [7, 11) is -13.9. The fourth-order valence-corrected chi connectivity index (χ4v) is 7.69. The van der Waals surface area contributed by atoms with Crippen molar-refractivity contribution in [3.05, 3.63) is 108 Å². The number of benzene rings is 3. The number of nitrogens with zero attached hydrogens (tertiary/aromatic N) is 1. The van der Waals surface area contributed by atoms with E-state index in [9.17, 15) is 43.7 Å². The number of fused-ring (bicyclic) bond motifs is 1. The van der Waals surface area contributed by atoms with E-state index in [0.29, 0.717) is 65.3 Å². The second-order valence-corrected chi connectivity index (χ2v) is 17.8. The lowest BCUT2D eigenvalue weighted by Gasteiger charge is -2.28. The van der Waals surface area contributed by atoms with Crippen LogP contribution in [-0.2, 0) is 46.0 Å². The van der Waals surface area contributed by atoms with Gasteiger partial charge in [-0.2, -0.15) is 16.8 Å². The molecule has 13 nitrogen and oxygen atoms in total. The smallest absolute Gasteiger partial charge is 0.303 e. The molecule has 0 saturated heterocycles. The largest absolute Gasteiger partial charge is 0.744 e. The van der Waals surface area contributed by atoms with Gasteiger partial charge in [0.05, 0.1) is 26.9 Å². The van der Waals surface area contributed by atoms with Crippen LogP contribution in [0, 0.1) is 0 Å². The summed E-state index contributed by atoms with van der Waals surface area (Å²) in [4.78, 5) is 11.4. The van der Waals surface area contributed by atoms with Crippen molar-refractivity contribution in [2.75, 3.05) is 11.4 Å². The number of aliphatic carboxylic acids is 1. The van der Waals surface area contributed by atoms with Gasteiger partial charge in [-0.05, 0) is 85.0 Å². The molecule has 0 fully saturated rings. The molecule has 1 heterocycles. The number of anilines is 2. The highest BCUT2D eigenvalue weighted by Gasteiger charge is 2.41. The highest BCUT2D eigenvalue weighted by atomic mass is 32.2. The second-order valence-electron chi connectivity index (χ2n) is 13.5. The van der Waals surface area contributed by atoms with E-state index in [0.717, 1.165) is 0 Å². The van der Waals surface area contributed by atoms with Gasteiger partial charge >= 0.3 is 5.97 Å². The third kappa shape index (κ3) is 9.06. The molecule has 3 aromatic rings. The minimum absolute atomic E-state index is 0.0741. The predicted molar refractivity (Wildman–Crippen MR) is 194 cm³/mol. The van der Waals surface area contributed by atoms with E-state index in [1.54, 1.807) is 35.3 Å². The quantitative estimate of drug-likeness (QED) is 0.0666. The maximum Gasteiger partial charge on any atom is 0.303 e. The van der Waals surface area contributed by atoms with Crippen LogP contribution in [0.4, 0.5) is 17.1 Å². The van der Waals surface area contributed by atoms with Gasteiger partial charge in [0.1, 0.15) is 15.8 Å². The Morgan fingerprint density at radius 3 is 2.15 bits per heavy atom. The fraction of sp³-hybridized carbons (Fsp3) is 0.306. The van der Waals surface area contributed by atoms with Crippen LogP contribution < -0.4 is 10.2 Å². The normalized spacial score (nSPS) is 15.7. The van der Waals surface area contributed by atoms with Crippen molar-refractivity contribution < 1.29 is 54.1 Å². The molecular formula is C36H42N2O11S3. The minimum Gasteiger partial charge on any atom is -0.744 e.